The molecule has 0 aromatic heterocycles. The molecule has 0 radical (unpaired) electrons. The van der Waals surface area contributed by atoms with Crippen LogP contribution in [0.25, 0.3) is 0 Å². The fourth-order valence-corrected chi connectivity index (χ4v) is 3.20. The molecule has 108 valence electrons. The fourth-order valence-electron chi connectivity index (χ4n) is 3.20. The Bertz CT molecular complexity index is 457. The molecule has 2 fully saturated rings. The highest BCUT2D eigenvalue weighted by atomic mass is 16.5. The number of benzene rings is 1. The van der Waals surface area contributed by atoms with Gasteiger partial charge in [0.25, 0.3) is 0 Å². The zero-order valence-corrected chi connectivity index (χ0v) is 11.7. The minimum Gasteiger partial charge on any atom is -0.376 e. The van der Waals surface area contributed by atoms with Gasteiger partial charge in [-0.1, -0.05) is 30.3 Å². The Hall–Kier alpha value is -1.39. The number of amides is 1. The Morgan fingerprint density at radius 1 is 1.35 bits per heavy atom. The fraction of sp³-hybridized carbons (Fsp3) is 0.562. The zero-order chi connectivity index (χ0) is 13.9. The van der Waals surface area contributed by atoms with E-state index < -0.39 is 0 Å². The van der Waals surface area contributed by atoms with Gasteiger partial charge in [0.05, 0.1) is 6.10 Å². The highest BCUT2D eigenvalue weighted by molar-refractivity contribution is 5.78. The topological polar surface area (TPSA) is 55.6 Å². The molecule has 2 saturated heterocycles. The van der Waals surface area contributed by atoms with Crippen molar-refractivity contribution in [3.05, 3.63) is 35.9 Å². The van der Waals surface area contributed by atoms with Gasteiger partial charge in [-0.3, -0.25) is 4.79 Å². The third kappa shape index (κ3) is 2.86. The van der Waals surface area contributed by atoms with Crippen LogP contribution in [0.4, 0.5) is 0 Å². The van der Waals surface area contributed by atoms with E-state index in [4.69, 9.17) is 10.5 Å². The first-order valence-corrected chi connectivity index (χ1v) is 7.44. The molecule has 2 heterocycles. The van der Waals surface area contributed by atoms with Gasteiger partial charge in [-0.15, -0.1) is 0 Å². The third-order valence-corrected chi connectivity index (χ3v) is 4.38. The molecule has 2 aliphatic heterocycles. The van der Waals surface area contributed by atoms with E-state index in [0.29, 0.717) is 6.42 Å². The van der Waals surface area contributed by atoms with E-state index >= 15 is 0 Å². The van der Waals surface area contributed by atoms with Crippen molar-refractivity contribution in [2.75, 3.05) is 19.7 Å². The van der Waals surface area contributed by atoms with Crippen molar-refractivity contribution in [1.82, 2.24) is 4.90 Å². The van der Waals surface area contributed by atoms with Crippen molar-refractivity contribution in [3.8, 4) is 0 Å². The minimum absolute atomic E-state index is 0.0605. The quantitative estimate of drug-likeness (QED) is 0.909. The molecule has 0 saturated carbocycles. The molecule has 3 unspecified atom stereocenters. The van der Waals surface area contributed by atoms with Crippen molar-refractivity contribution in [3.63, 3.8) is 0 Å². The Kier molecular flexibility index (Phi) is 4.03. The summed E-state index contributed by atoms with van der Waals surface area (Å²) in [5, 5.41) is 0. The molecule has 3 atom stereocenters. The number of nitrogens with zero attached hydrogens (tertiary/aromatic N) is 1. The van der Waals surface area contributed by atoms with E-state index in [2.05, 4.69) is 0 Å². The minimum atomic E-state index is -0.0605. The van der Waals surface area contributed by atoms with Crippen molar-refractivity contribution in [2.45, 2.75) is 31.4 Å². The standard InChI is InChI=1S/C16H22N2O2/c17-16(12-5-2-1-3-6-12)13-9-15(19)18(10-13)11-14-7-4-8-20-14/h1-3,5-6,13-14,16H,4,7-11,17H2. The lowest BCUT2D eigenvalue weighted by Gasteiger charge is -2.22. The van der Waals surface area contributed by atoms with Gasteiger partial charge in [0.2, 0.25) is 5.91 Å². The van der Waals surface area contributed by atoms with E-state index in [1.54, 1.807) is 0 Å². The smallest absolute Gasteiger partial charge is 0.223 e. The number of likely N-dealkylation sites (tertiary alicyclic amines) is 1. The van der Waals surface area contributed by atoms with Crippen LogP contribution in [0.5, 0.6) is 0 Å². The van der Waals surface area contributed by atoms with Gasteiger partial charge < -0.3 is 15.4 Å². The summed E-state index contributed by atoms with van der Waals surface area (Å²) >= 11 is 0. The summed E-state index contributed by atoms with van der Waals surface area (Å²) in [5.41, 5.74) is 7.44. The summed E-state index contributed by atoms with van der Waals surface area (Å²) in [4.78, 5) is 14.1. The Morgan fingerprint density at radius 3 is 2.85 bits per heavy atom. The van der Waals surface area contributed by atoms with Gasteiger partial charge in [-0.2, -0.15) is 0 Å². The van der Waals surface area contributed by atoms with Crippen molar-refractivity contribution < 1.29 is 9.53 Å². The van der Waals surface area contributed by atoms with Crippen LogP contribution in [0.3, 0.4) is 0 Å². The van der Waals surface area contributed by atoms with Crippen LogP contribution in [0.2, 0.25) is 0 Å². The molecule has 2 N–H and O–H groups in total. The molecule has 0 bridgehead atoms. The van der Waals surface area contributed by atoms with Gasteiger partial charge in [0.15, 0.2) is 0 Å². The molecule has 4 nitrogen and oxygen atoms in total. The predicted octanol–water partition coefficient (Wildman–Crippen LogP) is 1.71. The van der Waals surface area contributed by atoms with E-state index in [9.17, 15) is 4.79 Å². The van der Waals surface area contributed by atoms with Crippen LogP contribution in [0.15, 0.2) is 30.3 Å². The van der Waals surface area contributed by atoms with E-state index in [0.717, 1.165) is 38.1 Å². The number of ether oxygens (including phenoxy) is 1. The second kappa shape index (κ2) is 5.94. The van der Waals surface area contributed by atoms with Crippen LogP contribution < -0.4 is 5.73 Å². The zero-order valence-electron chi connectivity index (χ0n) is 11.7. The van der Waals surface area contributed by atoms with E-state index in [1.165, 1.54) is 0 Å². The largest absolute Gasteiger partial charge is 0.376 e. The SMILES string of the molecule is NC(c1ccccc1)C1CC(=O)N(CC2CCCO2)C1. The molecule has 1 aromatic carbocycles. The van der Waals surface area contributed by atoms with Crippen LogP contribution in [-0.4, -0.2) is 36.6 Å². The van der Waals surface area contributed by atoms with Gasteiger partial charge >= 0.3 is 0 Å². The first-order chi connectivity index (χ1) is 9.74. The summed E-state index contributed by atoms with van der Waals surface area (Å²) in [6, 6.07) is 10.00. The molecule has 1 aromatic rings. The number of carbonyl (C=O) groups is 1. The molecule has 4 heteroatoms. The molecular formula is C16H22N2O2. The molecule has 20 heavy (non-hydrogen) atoms. The lowest BCUT2D eigenvalue weighted by Crippen LogP contribution is -2.34. The predicted molar refractivity (Wildman–Crippen MR) is 77.0 cm³/mol. The summed E-state index contributed by atoms with van der Waals surface area (Å²) in [5.74, 6) is 0.434. The lowest BCUT2D eigenvalue weighted by atomic mass is 9.93. The summed E-state index contributed by atoms with van der Waals surface area (Å²) < 4.78 is 5.62. The van der Waals surface area contributed by atoms with Crippen molar-refractivity contribution in [2.24, 2.45) is 11.7 Å². The second-order valence-electron chi connectivity index (χ2n) is 5.83. The number of rotatable bonds is 4. The molecule has 3 rings (SSSR count). The maximum atomic E-state index is 12.1. The van der Waals surface area contributed by atoms with E-state index in [1.807, 2.05) is 35.2 Å². The third-order valence-electron chi connectivity index (χ3n) is 4.38. The lowest BCUT2D eigenvalue weighted by molar-refractivity contribution is -0.129. The van der Waals surface area contributed by atoms with Crippen LogP contribution in [-0.2, 0) is 9.53 Å². The molecule has 2 aliphatic rings. The number of nitrogens with two attached hydrogens (primary N) is 1. The monoisotopic (exact) mass is 274 g/mol. The van der Waals surface area contributed by atoms with Gasteiger partial charge in [-0.25, -0.2) is 0 Å². The first-order valence-electron chi connectivity index (χ1n) is 7.44. The Balaban J connectivity index is 1.61. The summed E-state index contributed by atoms with van der Waals surface area (Å²) in [6.07, 6.45) is 2.97. The molecule has 1 amide bonds. The Labute approximate surface area is 119 Å². The van der Waals surface area contributed by atoms with Crippen LogP contribution in [0, 0.1) is 5.92 Å². The van der Waals surface area contributed by atoms with Crippen LogP contribution in [0.1, 0.15) is 30.9 Å². The maximum absolute atomic E-state index is 12.1. The molecular weight excluding hydrogens is 252 g/mol. The van der Waals surface area contributed by atoms with Crippen molar-refractivity contribution >= 4 is 5.91 Å². The van der Waals surface area contributed by atoms with Crippen LogP contribution >= 0.6 is 0 Å². The average molecular weight is 274 g/mol. The van der Waals surface area contributed by atoms with E-state index in [-0.39, 0.29) is 24.0 Å². The summed E-state index contributed by atoms with van der Waals surface area (Å²) in [6.45, 7) is 2.32. The summed E-state index contributed by atoms with van der Waals surface area (Å²) in [7, 11) is 0. The average Bonchev–Trinajstić information content (AvgIpc) is 3.10. The normalized spacial score (nSPS) is 28.1. The number of carbonyl (C=O) groups excluding carboxylic acids is 1. The molecule has 0 aliphatic carbocycles. The van der Waals surface area contributed by atoms with Gasteiger partial charge in [-0.05, 0) is 18.4 Å². The maximum Gasteiger partial charge on any atom is 0.223 e. The van der Waals surface area contributed by atoms with Gasteiger partial charge in [0.1, 0.15) is 0 Å². The number of hydrogen-bond donors (Lipinski definition) is 1. The van der Waals surface area contributed by atoms with Crippen molar-refractivity contribution in [1.29, 1.82) is 0 Å². The first kappa shape index (κ1) is 13.6. The molecule has 0 spiro atoms. The number of hydrogen-bond acceptors (Lipinski definition) is 3. The Morgan fingerprint density at radius 2 is 2.15 bits per heavy atom. The van der Waals surface area contributed by atoms with Gasteiger partial charge in [0, 0.05) is 38.1 Å². The highest BCUT2D eigenvalue weighted by Gasteiger charge is 2.35. The second-order valence-corrected chi connectivity index (χ2v) is 5.83. The highest BCUT2D eigenvalue weighted by Crippen LogP contribution is 2.29.